The van der Waals surface area contributed by atoms with Crippen molar-refractivity contribution in [3.63, 3.8) is 0 Å². The number of benzene rings is 12. The molecule has 0 saturated carbocycles. The van der Waals surface area contributed by atoms with Crippen molar-refractivity contribution in [2.24, 2.45) is 0 Å². The van der Waals surface area contributed by atoms with Gasteiger partial charge >= 0.3 is 0 Å². The molecule has 3 aliphatic rings. The molecule has 434 valence electrons. The van der Waals surface area contributed by atoms with Crippen molar-refractivity contribution in [2.75, 3.05) is 18.8 Å². The number of rotatable bonds is 10. The van der Waals surface area contributed by atoms with Crippen molar-refractivity contribution in [3.8, 4) is 83.6 Å². The number of hydrogen-bond acceptors (Lipinski definition) is 1. The van der Waals surface area contributed by atoms with Crippen LogP contribution in [0, 0.1) is 0 Å². The molecule has 0 bridgehead atoms. The first-order chi connectivity index (χ1) is 44.3. The van der Waals surface area contributed by atoms with Crippen molar-refractivity contribution in [3.05, 3.63) is 320 Å². The summed E-state index contributed by atoms with van der Waals surface area (Å²) in [5.41, 5.74) is 28.8. The Morgan fingerprint density at radius 1 is 0.367 bits per heavy atom. The highest BCUT2D eigenvalue weighted by Gasteiger charge is 2.33. The van der Waals surface area contributed by atoms with E-state index < -0.39 is 10.0 Å². The molecule has 1 nitrogen and oxygen atoms in total. The highest BCUT2D eigenvalue weighted by Crippen LogP contribution is 2.68. The van der Waals surface area contributed by atoms with E-state index in [4.69, 9.17) is 0 Å². The third-order valence-corrected chi connectivity index (χ3v) is 22.2. The summed E-state index contributed by atoms with van der Waals surface area (Å²) in [5.74, 6) is 0. The Hall–Kier alpha value is -9.90. The summed E-state index contributed by atoms with van der Waals surface area (Å²) in [6.45, 7) is 4.00. The van der Waals surface area contributed by atoms with E-state index in [1.54, 1.807) is 11.8 Å². The first-order valence-electron chi connectivity index (χ1n) is 31.5. The van der Waals surface area contributed by atoms with E-state index in [9.17, 15) is 0 Å². The summed E-state index contributed by atoms with van der Waals surface area (Å²) in [6, 6.07) is 95.8. The van der Waals surface area contributed by atoms with Crippen LogP contribution in [-0.4, -0.2) is 23.3 Å². The first kappa shape index (κ1) is 56.6. The number of fused-ring (bicyclic) bond motifs is 8. The lowest BCUT2D eigenvalue weighted by molar-refractivity contribution is 1.16. The van der Waals surface area contributed by atoms with E-state index in [0.717, 1.165) is 12.8 Å². The minimum absolute atomic E-state index is 0.874. The molecule has 0 spiro atoms. The number of allylic oxidation sites excluding steroid dienone is 9. The summed E-state index contributed by atoms with van der Waals surface area (Å²) in [4.78, 5) is 4.17. The molecule has 0 radical (unpaired) electrons. The van der Waals surface area contributed by atoms with Gasteiger partial charge in [-0.3, -0.25) is 0 Å². The van der Waals surface area contributed by atoms with Crippen LogP contribution in [0.25, 0.3) is 133 Å². The Balaban J connectivity index is 0.00000335. The van der Waals surface area contributed by atoms with Gasteiger partial charge < -0.3 is 4.57 Å². The van der Waals surface area contributed by atoms with Gasteiger partial charge in [-0.05, 0) is 208 Å². The van der Waals surface area contributed by atoms with E-state index in [0.29, 0.717) is 0 Å². The van der Waals surface area contributed by atoms with E-state index in [2.05, 4.69) is 327 Å². The van der Waals surface area contributed by atoms with Gasteiger partial charge in [0.1, 0.15) is 0 Å². The van der Waals surface area contributed by atoms with Gasteiger partial charge in [0.25, 0.3) is 0 Å². The molecule has 90 heavy (non-hydrogen) atoms. The Morgan fingerprint density at radius 2 is 0.911 bits per heavy atom. The third-order valence-electron chi connectivity index (χ3n) is 18.6. The maximum absolute atomic E-state index is 2.52. The normalized spacial score (nSPS) is 14.0. The predicted molar refractivity (Wildman–Crippen MR) is 393 cm³/mol. The van der Waals surface area contributed by atoms with Crippen LogP contribution in [0.1, 0.15) is 42.5 Å². The molecular weight excluding hydrogens is 1120 g/mol. The number of thioether (sulfide) groups is 1. The summed E-state index contributed by atoms with van der Waals surface area (Å²) >= 11 is 1.80. The Morgan fingerprint density at radius 3 is 1.64 bits per heavy atom. The molecule has 0 atom stereocenters. The Kier molecular flexibility index (Phi) is 15.0. The fraction of sp³-hybridized carbons (Fsp3) is 0.0805. The van der Waals surface area contributed by atoms with Crippen LogP contribution in [0.3, 0.4) is 0 Å². The van der Waals surface area contributed by atoms with Crippen molar-refractivity contribution < 1.29 is 0 Å². The second kappa shape index (κ2) is 23.9. The molecule has 3 heteroatoms. The van der Waals surface area contributed by atoms with E-state index in [1.165, 1.54) is 164 Å². The molecule has 2 aliphatic carbocycles. The molecule has 13 aromatic rings. The lowest BCUT2D eigenvalue weighted by Crippen LogP contribution is -1.97. The van der Waals surface area contributed by atoms with Crippen LogP contribution in [0.4, 0.5) is 0 Å². The van der Waals surface area contributed by atoms with Crippen LogP contribution in [0.2, 0.25) is 0 Å². The molecule has 1 aromatic heterocycles. The molecule has 0 fully saturated rings. The van der Waals surface area contributed by atoms with Crippen LogP contribution < -0.4 is 0 Å². The zero-order chi connectivity index (χ0) is 60.9. The molecular formula is C87H69NS2. The van der Waals surface area contributed by atoms with Crippen LogP contribution >= 0.6 is 21.8 Å². The van der Waals surface area contributed by atoms with Gasteiger partial charge in [-0.25, -0.2) is 0 Å². The molecule has 0 saturated heterocycles. The SMILES string of the molecule is CC.CSc1ccccc1-c1cccc(-c2ccc3c(c2)S(C)(C)c2cc(-n4c5ccc(-c6ccc(C7=CC=C(c8cccc9c8C=CC=CC9)C=CC7)cc6)cc5c5cc(-c6ccc(-c7ccc(-c8cccc9ccccc89)cc7)cc6)ccc54)ccc2-3)c1. The second-order valence-electron chi connectivity index (χ2n) is 23.8. The van der Waals surface area contributed by atoms with Crippen LogP contribution in [0.15, 0.2) is 312 Å². The van der Waals surface area contributed by atoms with Gasteiger partial charge in [0.15, 0.2) is 0 Å². The average Bonchev–Trinajstić information content (AvgIpc) is 1.58. The van der Waals surface area contributed by atoms with Gasteiger partial charge in [0.05, 0.1) is 11.0 Å². The standard InChI is InChI=1S/C85H63NS2.C2H6/c1-87-83-28-10-9-25-76(83)70-22-12-21-66(51-70)69-43-47-77-78-48-46-71(55-85(78)88(2,3)84(77)54-69)86-81-49-44-67(60-33-29-57(30-34-60)56-17-11-18-64(40-37-56)74-26-13-19-62-15-5-4-6-23-72(62)74)52-79(81)80-53-68(45-50-82(80)86)61-35-31-58(32-36-61)59-38-41-65(42-39-59)75-27-14-20-63-16-7-8-24-73(63)75;1-2/h4-14,16,18-55H,15,17H2,1-3H3;1-2H3. The minimum atomic E-state index is -1.39. The summed E-state index contributed by atoms with van der Waals surface area (Å²) in [7, 11) is -1.39. The summed E-state index contributed by atoms with van der Waals surface area (Å²) in [5, 5.41) is 5.01. The zero-order valence-corrected chi connectivity index (χ0v) is 53.2. The lowest BCUT2D eigenvalue weighted by Gasteiger charge is -2.29. The molecule has 16 rings (SSSR count). The molecule has 0 N–H and O–H groups in total. The maximum atomic E-state index is 2.52. The largest absolute Gasteiger partial charge is 0.309 e. The van der Waals surface area contributed by atoms with Gasteiger partial charge in [-0.2, -0.15) is 10.0 Å². The van der Waals surface area contributed by atoms with Gasteiger partial charge in [-0.15, -0.1) is 11.8 Å². The minimum Gasteiger partial charge on any atom is -0.309 e. The molecule has 12 aromatic carbocycles. The maximum Gasteiger partial charge on any atom is 0.0541 e. The monoisotopic (exact) mass is 1190 g/mol. The fourth-order valence-corrected chi connectivity index (χ4v) is 17.1. The fourth-order valence-electron chi connectivity index (χ4n) is 13.9. The number of aromatic nitrogens is 1. The van der Waals surface area contributed by atoms with Gasteiger partial charge in [0, 0.05) is 31.1 Å². The first-order valence-corrected chi connectivity index (χ1v) is 35.2. The summed E-state index contributed by atoms with van der Waals surface area (Å²) < 4.78 is 2.52. The van der Waals surface area contributed by atoms with Gasteiger partial charge in [-0.1, -0.05) is 263 Å². The third kappa shape index (κ3) is 10.2. The number of nitrogens with zero attached hydrogens (tertiary/aromatic N) is 1. The van der Waals surface area contributed by atoms with E-state index >= 15 is 0 Å². The lowest BCUT2D eigenvalue weighted by atomic mass is 9.93. The van der Waals surface area contributed by atoms with E-state index in [1.807, 2.05) is 13.8 Å². The second-order valence-corrected chi connectivity index (χ2v) is 28.2. The van der Waals surface area contributed by atoms with E-state index in [-0.39, 0.29) is 0 Å². The number of hydrogen-bond donors (Lipinski definition) is 0. The highest BCUT2D eigenvalue weighted by molar-refractivity contribution is 8.33. The van der Waals surface area contributed by atoms with Crippen molar-refractivity contribution >= 4 is 71.6 Å². The Bertz CT molecular complexity index is 5110. The van der Waals surface area contributed by atoms with Crippen LogP contribution in [-0.2, 0) is 6.42 Å². The smallest absolute Gasteiger partial charge is 0.0541 e. The highest BCUT2D eigenvalue weighted by atomic mass is 32.3. The van der Waals surface area contributed by atoms with Crippen LogP contribution in [0.5, 0.6) is 0 Å². The quantitative estimate of drug-likeness (QED) is 0.124. The zero-order valence-electron chi connectivity index (χ0n) is 51.5. The Labute approximate surface area is 535 Å². The van der Waals surface area contributed by atoms with Crippen molar-refractivity contribution in [2.45, 2.75) is 41.4 Å². The summed E-state index contributed by atoms with van der Waals surface area (Å²) in [6.07, 6.45) is 27.0. The molecule has 2 heterocycles. The van der Waals surface area contributed by atoms with Crippen molar-refractivity contribution in [1.29, 1.82) is 0 Å². The van der Waals surface area contributed by atoms with Gasteiger partial charge in [0.2, 0.25) is 0 Å². The average molecular weight is 1190 g/mol. The molecule has 1 aliphatic heterocycles. The molecule has 0 amide bonds. The predicted octanol–water partition coefficient (Wildman–Crippen LogP) is 24.7. The topological polar surface area (TPSA) is 4.93 Å². The molecule has 0 unspecified atom stereocenters. The van der Waals surface area contributed by atoms with Crippen molar-refractivity contribution in [1.82, 2.24) is 4.57 Å².